The van der Waals surface area contributed by atoms with E-state index < -0.39 is 0 Å². The number of likely N-dealkylation sites (tertiary alicyclic amines) is 1. The molecular formula is C12H20ClNO3. The van der Waals surface area contributed by atoms with Crippen LogP contribution in [-0.2, 0) is 14.3 Å². The SMILES string of the molecule is COC(=O)CC1CCCCN1C(=O)C(C)CCl. The van der Waals surface area contributed by atoms with Crippen molar-refractivity contribution in [3.8, 4) is 0 Å². The van der Waals surface area contributed by atoms with Crippen LogP contribution in [0.3, 0.4) is 0 Å². The van der Waals surface area contributed by atoms with Gasteiger partial charge in [0.05, 0.1) is 13.5 Å². The van der Waals surface area contributed by atoms with Gasteiger partial charge in [0.1, 0.15) is 0 Å². The van der Waals surface area contributed by atoms with Crippen LogP contribution in [0.4, 0.5) is 0 Å². The van der Waals surface area contributed by atoms with Gasteiger partial charge in [-0.1, -0.05) is 6.92 Å². The molecule has 2 atom stereocenters. The van der Waals surface area contributed by atoms with Gasteiger partial charge in [0.15, 0.2) is 0 Å². The summed E-state index contributed by atoms with van der Waals surface area (Å²) in [6, 6.07) is -0.0191. The van der Waals surface area contributed by atoms with Gasteiger partial charge in [-0.05, 0) is 19.3 Å². The Morgan fingerprint density at radius 1 is 1.47 bits per heavy atom. The van der Waals surface area contributed by atoms with Crippen LogP contribution in [-0.4, -0.2) is 42.4 Å². The Hall–Kier alpha value is -0.770. The number of alkyl halides is 1. The number of carbonyl (C=O) groups is 2. The van der Waals surface area contributed by atoms with E-state index in [1.807, 2.05) is 6.92 Å². The number of carbonyl (C=O) groups excluding carboxylic acids is 2. The minimum atomic E-state index is -0.256. The van der Waals surface area contributed by atoms with Crippen molar-refractivity contribution < 1.29 is 14.3 Å². The molecule has 1 aliphatic heterocycles. The zero-order valence-corrected chi connectivity index (χ0v) is 11.2. The number of rotatable bonds is 4. The fourth-order valence-corrected chi connectivity index (χ4v) is 2.26. The van der Waals surface area contributed by atoms with Crippen LogP contribution in [0, 0.1) is 5.92 Å². The van der Waals surface area contributed by atoms with Crippen molar-refractivity contribution in [1.82, 2.24) is 4.90 Å². The standard InChI is InChI=1S/C12H20ClNO3/c1-9(8-13)12(16)14-6-4-3-5-10(14)7-11(15)17-2/h9-10H,3-8H2,1-2H3. The molecular weight excluding hydrogens is 242 g/mol. The zero-order chi connectivity index (χ0) is 12.8. The Labute approximate surface area is 107 Å². The first kappa shape index (κ1) is 14.3. The van der Waals surface area contributed by atoms with Crippen molar-refractivity contribution in [2.24, 2.45) is 5.92 Å². The summed E-state index contributed by atoms with van der Waals surface area (Å²) in [6.45, 7) is 2.54. The lowest BCUT2D eigenvalue weighted by Gasteiger charge is -2.36. The first-order valence-electron chi connectivity index (χ1n) is 6.03. The molecule has 0 aromatic rings. The van der Waals surface area contributed by atoms with Crippen LogP contribution >= 0.6 is 11.6 Å². The smallest absolute Gasteiger partial charge is 0.307 e. The predicted octanol–water partition coefficient (Wildman–Crippen LogP) is 1.81. The third-order valence-corrected chi connectivity index (χ3v) is 3.66. The molecule has 0 radical (unpaired) electrons. The van der Waals surface area contributed by atoms with Gasteiger partial charge in [-0.15, -0.1) is 11.6 Å². The first-order valence-corrected chi connectivity index (χ1v) is 6.56. The summed E-state index contributed by atoms with van der Waals surface area (Å²) in [5.74, 6) is -0.0722. The number of piperidine rings is 1. The van der Waals surface area contributed by atoms with Gasteiger partial charge in [-0.3, -0.25) is 9.59 Å². The van der Waals surface area contributed by atoms with E-state index in [0.29, 0.717) is 5.88 Å². The van der Waals surface area contributed by atoms with Gasteiger partial charge >= 0.3 is 5.97 Å². The van der Waals surface area contributed by atoms with Crippen LogP contribution < -0.4 is 0 Å². The molecule has 1 fully saturated rings. The maximum Gasteiger partial charge on any atom is 0.307 e. The second-order valence-electron chi connectivity index (χ2n) is 4.52. The number of methoxy groups -OCH3 is 1. The Bertz CT molecular complexity index is 283. The maximum atomic E-state index is 12.1. The molecule has 0 N–H and O–H groups in total. The average molecular weight is 262 g/mol. The lowest BCUT2D eigenvalue weighted by molar-refractivity contribution is -0.145. The number of ether oxygens (including phenoxy) is 1. The summed E-state index contributed by atoms with van der Waals surface area (Å²) in [6.07, 6.45) is 3.21. The minimum absolute atomic E-state index is 0.0191. The van der Waals surface area contributed by atoms with Gasteiger partial charge in [0.2, 0.25) is 5.91 Å². The third kappa shape index (κ3) is 3.87. The van der Waals surface area contributed by atoms with Crippen LogP contribution in [0.2, 0.25) is 0 Å². The predicted molar refractivity (Wildman–Crippen MR) is 65.9 cm³/mol. The molecule has 1 rings (SSSR count). The summed E-state index contributed by atoms with van der Waals surface area (Å²) in [4.78, 5) is 25.2. The number of hydrogen-bond donors (Lipinski definition) is 0. The van der Waals surface area contributed by atoms with Crippen LogP contribution in [0.1, 0.15) is 32.6 Å². The van der Waals surface area contributed by atoms with Crippen molar-refractivity contribution in [2.45, 2.75) is 38.6 Å². The van der Waals surface area contributed by atoms with E-state index in [2.05, 4.69) is 4.74 Å². The van der Waals surface area contributed by atoms with E-state index in [4.69, 9.17) is 11.6 Å². The van der Waals surface area contributed by atoms with Crippen molar-refractivity contribution >= 4 is 23.5 Å². The fraction of sp³-hybridized carbons (Fsp3) is 0.833. The summed E-state index contributed by atoms with van der Waals surface area (Å²) < 4.78 is 4.66. The van der Waals surface area contributed by atoms with E-state index >= 15 is 0 Å². The molecule has 0 bridgehead atoms. The molecule has 0 spiro atoms. The van der Waals surface area contributed by atoms with Crippen molar-refractivity contribution in [1.29, 1.82) is 0 Å². The number of esters is 1. The molecule has 0 aliphatic carbocycles. The zero-order valence-electron chi connectivity index (χ0n) is 10.4. The molecule has 0 aromatic carbocycles. The molecule has 98 valence electrons. The van der Waals surface area contributed by atoms with Gasteiger partial charge in [-0.25, -0.2) is 0 Å². The largest absolute Gasteiger partial charge is 0.469 e. The lowest BCUT2D eigenvalue weighted by Crippen LogP contribution is -2.47. The van der Waals surface area contributed by atoms with Gasteiger partial charge < -0.3 is 9.64 Å². The van der Waals surface area contributed by atoms with E-state index in [-0.39, 0.29) is 30.3 Å². The normalized spacial score (nSPS) is 22.1. The Morgan fingerprint density at radius 2 is 2.18 bits per heavy atom. The minimum Gasteiger partial charge on any atom is -0.469 e. The highest BCUT2D eigenvalue weighted by molar-refractivity contribution is 6.19. The van der Waals surface area contributed by atoms with E-state index in [1.165, 1.54) is 7.11 Å². The first-order chi connectivity index (χ1) is 8.10. The Morgan fingerprint density at radius 3 is 2.76 bits per heavy atom. The molecule has 5 heteroatoms. The molecule has 2 unspecified atom stereocenters. The second kappa shape index (κ2) is 6.84. The number of nitrogens with zero attached hydrogens (tertiary/aromatic N) is 1. The molecule has 1 aliphatic rings. The quantitative estimate of drug-likeness (QED) is 0.573. The van der Waals surface area contributed by atoms with Crippen molar-refractivity contribution in [3.63, 3.8) is 0 Å². The topological polar surface area (TPSA) is 46.6 Å². The van der Waals surface area contributed by atoms with Crippen LogP contribution in [0.15, 0.2) is 0 Å². The number of hydrogen-bond acceptors (Lipinski definition) is 3. The third-order valence-electron chi connectivity index (χ3n) is 3.19. The van der Waals surface area contributed by atoms with Crippen LogP contribution in [0.5, 0.6) is 0 Å². The Kier molecular flexibility index (Phi) is 5.75. The maximum absolute atomic E-state index is 12.1. The van der Waals surface area contributed by atoms with E-state index in [0.717, 1.165) is 25.8 Å². The van der Waals surface area contributed by atoms with E-state index in [1.54, 1.807) is 4.90 Å². The lowest BCUT2D eigenvalue weighted by atomic mass is 9.97. The van der Waals surface area contributed by atoms with Gasteiger partial charge in [-0.2, -0.15) is 0 Å². The summed E-state index contributed by atoms with van der Waals surface area (Å²) in [7, 11) is 1.37. The van der Waals surface area contributed by atoms with E-state index in [9.17, 15) is 9.59 Å². The molecule has 0 aromatic heterocycles. The summed E-state index contributed by atoms with van der Waals surface area (Å²) >= 11 is 5.71. The van der Waals surface area contributed by atoms with Gasteiger partial charge in [0.25, 0.3) is 0 Å². The molecule has 0 saturated carbocycles. The second-order valence-corrected chi connectivity index (χ2v) is 4.83. The molecule has 1 amide bonds. The highest BCUT2D eigenvalue weighted by Crippen LogP contribution is 2.22. The molecule has 17 heavy (non-hydrogen) atoms. The average Bonchev–Trinajstić information content (AvgIpc) is 2.37. The molecule has 1 saturated heterocycles. The van der Waals surface area contributed by atoms with Crippen LogP contribution in [0.25, 0.3) is 0 Å². The fourth-order valence-electron chi connectivity index (χ4n) is 2.13. The molecule has 4 nitrogen and oxygen atoms in total. The summed E-state index contributed by atoms with van der Waals surface area (Å²) in [5, 5.41) is 0. The van der Waals surface area contributed by atoms with Crippen molar-refractivity contribution in [3.05, 3.63) is 0 Å². The highest BCUT2D eigenvalue weighted by atomic mass is 35.5. The Balaban J connectivity index is 2.65. The number of amides is 1. The number of halogens is 1. The monoisotopic (exact) mass is 261 g/mol. The molecule has 1 heterocycles. The van der Waals surface area contributed by atoms with Gasteiger partial charge in [0, 0.05) is 24.4 Å². The summed E-state index contributed by atoms with van der Waals surface area (Å²) in [5.41, 5.74) is 0. The van der Waals surface area contributed by atoms with Crippen molar-refractivity contribution in [2.75, 3.05) is 19.5 Å². The highest BCUT2D eigenvalue weighted by Gasteiger charge is 2.30.